The Morgan fingerprint density at radius 1 is 1.15 bits per heavy atom. The standard InChI is InChI=1S/C8H9Cl2NO2/c9-7-2-1-6(5-8(7)10)12-3-4-13-11/h1-2,5H,3-4,11H2. The van der Waals surface area contributed by atoms with E-state index in [0.717, 1.165) is 0 Å². The van der Waals surface area contributed by atoms with Gasteiger partial charge in [-0.15, -0.1) is 0 Å². The molecule has 13 heavy (non-hydrogen) atoms. The molecule has 0 aliphatic heterocycles. The van der Waals surface area contributed by atoms with Gasteiger partial charge in [-0.05, 0) is 12.1 Å². The van der Waals surface area contributed by atoms with Crippen molar-refractivity contribution in [1.29, 1.82) is 0 Å². The lowest BCUT2D eigenvalue weighted by Gasteiger charge is -2.05. The minimum absolute atomic E-state index is 0.334. The second kappa shape index (κ2) is 5.29. The molecule has 72 valence electrons. The predicted octanol–water partition coefficient (Wildman–Crippen LogP) is 2.26. The van der Waals surface area contributed by atoms with Gasteiger partial charge in [-0.25, -0.2) is 5.90 Å². The lowest BCUT2D eigenvalue weighted by atomic mass is 10.3. The highest BCUT2D eigenvalue weighted by atomic mass is 35.5. The maximum Gasteiger partial charge on any atom is 0.121 e. The summed E-state index contributed by atoms with van der Waals surface area (Å²) in [6, 6.07) is 5.04. The third kappa shape index (κ3) is 3.40. The van der Waals surface area contributed by atoms with Crippen molar-refractivity contribution in [2.45, 2.75) is 0 Å². The van der Waals surface area contributed by atoms with Crippen LogP contribution in [0.1, 0.15) is 0 Å². The summed E-state index contributed by atoms with van der Waals surface area (Å²) in [6.07, 6.45) is 0. The van der Waals surface area contributed by atoms with Crippen LogP contribution < -0.4 is 10.6 Å². The molecule has 0 atom stereocenters. The van der Waals surface area contributed by atoms with Gasteiger partial charge in [0.1, 0.15) is 19.0 Å². The molecule has 0 bridgehead atoms. The zero-order valence-corrected chi connectivity index (χ0v) is 8.31. The van der Waals surface area contributed by atoms with Gasteiger partial charge in [0.25, 0.3) is 0 Å². The minimum Gasteiger partial charge on any atom is -0.491 e. The van der Waals surface area contributed by atoms with E-state index in [1.807, 2.05) is 0 Å². The third-order valence-corrected chi connectivity index (χ3v) is 2.10. The highest BCUT2D eigenvalue weighted by Gasteiger charge is 1.99. The average molecular weight is 222 g/mol. The van der Waals surface area contributed by atoms with E-state index in [9.17, 15) is 0 Å². The maximum absolute atomic E-state index is 5.76. The Morgan fingerprint density at radius 2 is 1.92 bits per heavy atom. The van der Waals surface area contributed by atoms with Crippen molar-refractivity contribution >= 4 is 23.2 Å². The van der Waals surface area contributed by atoms with Crippen molar-refractivity contribution < 1.29 is 9.57 Å². The van der Waals surface area contributed by atoms with Crippen LogP contribution in [-0.4, -0.2) is 13.2 Å². The van der Waals surface area contributed by atoms with Crippen LogP contribution in [0.15, 0.2) is 18.2 Å². The van der Waals surface area contributed by atoms with E-state index < -0.39 is 0 Å². The van der Waals surface area contributed by atoms with Gasteiger partial charge < -0.3 is 9.57 Å². The van der Waals surface area contributed by atoms with Gasteiger partial charge in [-0.1, -0.05) is 23.2 Å². The van der Waals surface area contributed by atoms with Crippen LogP contribution in [0.3, 0.4) is 0 Å². The summed E-state index contributed by atoms with van der Waals surface area (Å²) in [5, 5.41) is 0.969. The fourth-order valence-corrected chi connectivity index (χ4v) is 1.06. The van der Waals surface area contributed by atoms with E-state index in [1.165, 1.54) is 0 Å². The third-order valence-electron chi connectivity index (χ3n) is 1.36. The molecule has 0 unspecified atom stereocenters. The Hall–Kier alpha value is -0.480. The van der Waals surface area contributed by atoms with E-state index in [0.29, 0.717) is 29.0 Å². The van der Waals surface area contributed by atoms with Gasteiger partial charge in [0.2, 0.25) is 0 Å². The molecule has 0 saturated carbocycles. The summed E-state index contributed by atoms with van der Waals surface area (Å²) >= 11 is 11.5. The first-order chi connectivity index (χ1) is 6.24. The molecule has 1 rings (SSSR count). The zero-order valence-electron chi connectivity index (χ0n) is 6.80. The molecular formula is C8H9Cl2NO2. The van der Waals surface area contributed by atoms with Gasteiger partial charge in [0.05, 0.1) is 10.0 Å². The van der Waals surface area contributed by atoms with Crippen LogP contribution in [0, 0.1) is 0 Å². The number of rotatable bonds is 4. The maximum atomic E-state index is 5.76. The van der Waals surface area contributed by atoms with Crippen LogP contribution in [0.2, 0.25) is 10.0 Å². The second-order valence-electron chi connectivity index (χ2n) is 2.30. The van der Waals surface area contributed by atoms with E-state index >= 15 is 0 Å². The quantitative estimate of drug-likeness (QED) is 0.627. The Morgan fingerprint density at radius 3 is 2.54 bits per heavy atom. The summed E-state index contributed by atoms with van der Waals surface area (Å²) in [5.74, 6) is 5.46. The Balaban J connectivity index is 2.53. The van der Waals surface area contributed by atoms with Crippen molar-refractivity contribution in [3.8, 4) is 5.75 Å². The molecule has 5 heteroatoms. The molecule has 1 aromatic rings. The SMILES string of the molecule is NOCCOc1ccc(Cl)c(Cl)c1. The van der Waals surface area contributed by atoms with Crippen molar-refractivity contribution in [3.05, 3.63) is 28.2 Å². The summed E-state index contributed by atoms with van der Waals surface area (Å²) in [5.41, 5.74) is 0. The predicted molar refractivity (Wildman–Crippen MR) is 52.1 cm³/mol. The first-order valence-corrected chi connectivity index (χ1v) is 4.39. The van der Waals surface area contributed by atoms with Crippen molar-refractivity contribution in [1.82, 2.24) is 0 Å². The van der Waals surface area contributed by atoms with Gasteiger partial charge in [0, 0.05) is 6.07 Å². The molecule has 1 aromatic carbocycles. The molecular weight excluding hydrogens is 213 g/mol. The molecule has 0 amide bonds. The van der Waals surface area contributed by atoms with Gasteiger partial charge in [-0.2, -0.15) is 0 Å². The van der Waals surface area contributed by atoms with Crippen LogP contribution in [-0.2, 0) is 4.84 Å². The molecule has 0 aliphatic rings. The van der Waals surface area contributed by atoms with E-state index in [4.69, 9.17) is 33.8 Å². The molecule has 0 saturated heterocycles. The van der Waals surface area contributed by atoms with Crippen LogP contribution >= 0.6 is 23.2 Å². The zero-order chi connectivity index (χ0) is 9.68. The fourth-order valence-electron chi connectivity index (χ4n) is 0.774. The average Bonchev–Trinajstić information content (AvgIpc) is 2.12. The topological polar surface area (TPSA) is 44.5 Å². The van der Waals surface area contributed by atoms with E-state index in [2.05, 4.69) is 4.84 Å². The number of nitrogens with two attached hydrogens (primary N) is 1. The summed E-state index contributed by atoms with van der Waals surface area (Å²) in [7, 11) is 0. The first kappa shape index (κ1) is 10.6. The Kier molecular flexibility index (Phi) is 4.32. The Bertz CT molecular complexity index is 281. The first-order valence-electron chi connectivity index (χ1n) is 3.63. The molecule has 0 fully saturated rings. The highest BCUT2D eigenvalue weighted by molar-refractivity contribution is 6.42. The van der Waals surface area contributed by atoms with Crippen LogP contribution in [0.5, 0.6) is 5.75 Å². The second-order valence-corrected chi connectivity index (χ2v) is 3.11. The van der Waals surface area contributed by atoms with Gasteiger partial charge in [-0.3, -0.25) is 0 Å². The molecule has 0 aromatic heterocycles. The van der Waals surface area contributed by atoms with Gasteiger partial charge >= 0.3 is 0 Å². The van der Waals surface area contributed by atoms with Crippen LogP contribution in [0.4, 0.5) is 0 Å². The fraction of sp³-hybridized carbons (Fsp3) is 0.250. The van der Waals surface area contributed by atoms with Crippen molar-refractivity contribution in [2.75, 3.05) is 13.2 Å². The highest BCUT2D eigenvalue weighted by Crippen LogP contribution is 2.26. The van der Waals surface area contributed by atoms with Crippen LogP contribution in [0.25, 0.3) is 0 Å². The molecule has 0 heterocycles. The number of hydrogen-bond acceptors (Lipinski definition) is 3. The van der Waals surface area contributed by atoms with Crippen molar-refractivity contribution in [2.24, 2.45) is 5.90 Å². The number of hydrogen-bond donors (Lipinski definition) is 1. The minimum atomic E-state index is 0.334. The molecule has 0 aliphatic carbocycles. The largest absolute Gasteiger partial charge is 0.491 e. The summed E-state index contributed by atoms with van der Waals surface area (Å²) < 4.78 is 5.23. The lowest BCUT2D eigenvalue weighted by Crippen LogP contribution is -2.09. The van der Waals surface area contributed by atoms with E-state index in [-0.39, 0.29) is 0 Å². The normalized spacial score (nSPS) is 10.1. The lowest BCUT2D eigenvalue weighted by molar-refractivity contribution is 0.102. The summed E-state index contributed by atoms with van der Waals surface area (Å²) in [4.78, 5) is 4.33. The molecule has 2 N–H and O–H groups in total. The molecule has 0 radical (unpaired) electrons. The number of ether oxygens (including phenoxy) is 1. The molecule has 0 spiro atoms. The monoisotopic (exact) mass is 221 g/mol. The smallest absolute Gasteiger partial charge is 0.121 e. The number of benzene rings is 1. The number of halogens is 2. The molecule has 3 nitrogen and oxygen atoms in total. The Labute approximate surface area is 86.3 Å². The van der Waals surface area contributed by atoms with E-state index in [1.54, 1.807) is 18.2 Å². The van der Waals surface area contributed by atoms with Gasteiger partial charge in [0.15, 0.2) is 0 Å². The van der Waals surface area contributed by atoms with Crippen molar-refractivity contribution in [3.63, 3.8) is 0 Å². The summed E-state index contributed by atoms with van der Waals surface area (Å²) in [6.45, 7) is 0.717.